The van der Waals surface area contributed by atoms with Gasteiger partial charge in [0.2, 0.25) is 0 Å². The largest absolute Gasteiger partial charge is 0.310 e. The van der Waals surface area contributed by atoms with E-state index < -0.39 is 5.41 Å². The molecule has 308 valence electrons. The minimum atomic E-state index is -0.448. The Labute approximate surface area is 382 Å². The number of aryl methyl sites for hydroxylation is 2. The zero-order chi connectivity index (χ0) is 43.6. The van der Waals surface area contributed by atoms with Crippen molar-refractivity contribution in [1.29, 1.82) is 0 Å². The predicted molar refractivity (Wildman–Crippen MR) is 273 cm³/mol. The molecule has 3 aliphatic carbocycles. The van der Waals surface area contributed by atoms with Gasteiger partial charge in [-0.1, -0.05) is 201 Å². The zero-order valence-electron chi connectivity index (χ0n) is 37.2. The quantitative estimate of drug-likeness (QED) is 0.167. The van der Waals surface area contributed by atoms with Gasteiger partial charge in [-0.25, -0.2) is 0 Å². The van der Waals surface area contributed by atoms with E-state index in [1.807, 2.05) is 0 Å². The second kappa shape index (κ2) is 13.9. The molecular formula is C64H47N. The highest BCUT2D eigenvalue weighted by molar-refractivity contribution is 5.99. The molecule has 0 aliphatic heterocycles. The maximum Gasteiger partial charge on any atom is 0.0726 e. The number of nitrogens with zero attached hydrogens (tertiary/aromatic N) is 1. The number of hydrogen-bond acceptors (Lipinski definition) is 1. The summed E-state index contributed by atoms with van der Waals surface area (Å²) in [5, 5.41) is 2.51. The third-order valence-corrected chi connectivity index (χ3v) is 15.0. The van der Waals surface area contributed by atoms with Gasteiger partial charge in [-0.3, -0.25) is 0 Å². The van der Waals surface area contributed by atoms with Crippen molar-refractivity contribution < 1.29 is 0 Å². The molecule has 10 aromatic carbocycles. The van der Waals surface area contributed by atoms with E-state index in [0.717, 1.165) is 17.1 Å². The van der Waals surface area contributed by atoms with E-state index in [1.165, 1.54) is 111 Å². The molecule has 1 heteroatoms. The number of rotatable bonds is 5. The lowest BCUT2D eigenvalue weighted by Gasteiger charge is -2.32. The molecule has 0 bridgehead atoms. The van der Waals surface area contributed by atoms with E-state index in [9.17, 15) is 0 Å². The monoisotopic (exact) mass is 829 g/mol. The van der Waals surface area contributed by atoms with Crippen molar-refractivity contribution in [2.45, 2.75) is 38.5 Å². The van der Waals surface area contributed by atoms with Crippen LogP contribution in [0.3, 0.4) is 0 Å². The summed E-state index contributed by atoms with van der Waals surface area (Å²) >= 11 is 0. The van der Waals surface area contributed by atoms with E-state index in [2.05, 4.69) is 245 Å². The summed E-state index contributed by atoms with van der Waals surface area (Å²) in [7, 11) is 0. The van der Waals surface area contributed by atoms with Crippen LogP contribution in [-0.4, -0.2) is 0 Å². The first-order valence-electron chi connectivity index (χ1n) is 23.0. The summed E-state index contributed by atoms with van der Waals surface area (Å²) in [6.45, 7) is 9.19. The first kappa shape index (κ1) is 37.8. The standard InChI is InChI=1S/C64H47N/c1-40-23-34-52-53-35-24-41(2)38-60(53)64(59(52)37-40)57-21-10-7-16-51(57)54-36-33-47(39-61(54)64)65(45-29-25-43(26-30-45)49-18-11-14-42-13-5-6-15-48(42)49)46-31-27-44(28-32-46)50-19-12-22-58-62(50)55-17-8-9-20-56(55)63(58,3)4/h5-39H,1-4H3. The van der Waals surface area contributed by atoms with E-state index >= 15 is 0 Å². The summed E-state index contributed by atoms with van der Waals surface area (Å²) in [4.78, 5) is 2.46. The molecule has 0 saturated carbocycles. The van der Waals surface area contributed by atoms with Crippen molar-refractivity contribution in [3.05, 3.63) is 257 Å². The van der Waals surface area contributed by atoms with E-state index in [-0.39, 0.29) is 5.41 Å². The lowest BCUT2D eigenvalue weighted by Crippen LogP contribution is -2.26. The van der Waals surface area contributed by atoms with Crippen LogP contribution in [-0.2, 0) is 10.8 Å². The molecule has 0 radical (unpaired) electrons. The molecule has 0 saturated heterocycles. The fraction of sp³-hybridized carbons (Fsp3) is 0.0938. The third kappa shape index (κ3) is 5.33. The fourth-order valence-electron chi connectivity index (χ4n) is 12.0. The first-order chi connectivity index (χ1) is 31.8. The van der Waals surface area contributed by atoms with Gasteiger partial charge >= 0.3 is 0 Å². The lowest BCUT2D eigenvalue weighted by atomic mass is 9.70. The van der Waals surface area contributed by atoms with Gasteiger partial charge < -0.3 is 4.90 Å². The Balaban J connectivity index is 1.01. The molecule has 13 rings (SSSR count). The molecule has 1 nitrogen and oxygen atoms in total. The van der Waals surface area contributed by atoms with E-state index in [4.69, 9.17) is 0 Å². The van der Waals surface area contributed by atoms with Crippen molar-refractivity contribution >= 4 is 27.8 Å². The highest BCUT2D eigenvalue weighted by atomic mass is 15.1. The molecule has 0 amide bonds. The Morgan fingerprint density at radius 1 is 0.323 bits per heavy atom. The smallest absolute Gasteiger partial charge is 0.0726 e. The molecular weight excluding hydrogens is 783 g/mol. The molecule has 0 N–H and O–H groups in total. The highest BCUT2D eigenvalue weighted by Crippen LogP contribution is 2.64. The van der Waals surface area contributed by atoms with Gasteiger partial charge in [0.15, 0.2) is 0 Å². The summed E-state index contributed by atoms with van der Waals surface area (Å²) in [6, 6.07) is 80.1. The molecule has 0 heterocycles. The van der Waals surface area contributed by atoms with Gasteiger partial charge in [0.05, 0.1) is 5.41 Å². The first-order valence-corrected chi connectivity index (χ1v) is 23.0. The molecule has 65 heavy (non-hydrogen) atoms. The Hall–Kier alpha value is -7.74. The molecule has 1 spiro atoms. The third-order valence-electron chi connectivity index (χ3n) is 15.0. The van der Waals surface area contributed by atoms with Crippen LogP contribution in [0.2, 0.25) is 0 Å². The summed E-state index contributed by atoms with van der Waals surface area (Å²) in [5.41, 5.74) is 26.5. The number of hydrogen-bond donors (Lipinski definition) is 0. The zero-order valence-corrected chi connectivity index (χ0v) is 37.2. The molecule has 0 atom stereocenters. The average molecular weight is 830 g/mol. The van der Waals surface area contributed by atoms with Gasteiger partial charge in [-0.15, -0.1) is 0 Å². The molecule has 10 aromatic rings. The molecule has 3 aliphatic rings. The molecule has 0 aromatic heterocycles. The van der Waals surface area contributed by atoms with Crippen LogP contribution in [0.25, 0.3) is 66.4 Å². The van der Waals surface area contributed by atoms with Crippen LogP contribution in [0.1, 0.15) is 58.4 Å². The number of fused-ring (bicyclic) bond motifs is 14. The van der Waals surface area contributed by atoms with Crippen molar-refractivity contribution in [1.82, 2.24) is 0 Å². The fourth-order valence-corrected chi connectivity index (χ4v) is 12.0. The lowest BCUT2D eigenvalue weighted by molar-refractivity contribution is 0.660. The van der Waals surface area contributed by atoms with Crippen molar-refractivity contribution in [3.8, 4) is 55.6 Å². The van der Waals surface area contributed by atoms with Gasteiger partial charge in [0.1, 0.15) is 0 Å². The van der Waals surface area contributed by atoms with Crippen molar-refractivity contribution in [2.24, 2.45) is 0 Å². The van der Waals surface area contributed by atoms with Crippen molar-refractivity contribution in [3.63, 3.8) is 0 Å². The number of benzene rings is 10. The maximum atomic E-state index is 2.51. The normalized spacial score (nSPS) is 14.1. The SMILES string of the molecule is Cc1ccc2c(c1)C1(c3ccccc3-c3ccc(N(c4ccc(-c5cccc6c5-c5ccccc5C6(C)C)cc4)c4ccc(-c5cccc6ccccc56)cc4)cc31)c1cc(C)ccc1-2. The van der Waals surface area contributed by atoms with Crippen LogP contribution in [0.4, 0.5) is 17.1 Å². The van der Waals surface area contributed by atoms with Crippen LogP contribution in [0.15, 0.2) is 212 Å². The van der Waals surface area contributed by atoms with Crippen LogP contribution < -0.4 is 4.90 Å². The Morgan fingerprint density at radius 3 is 1.48 bits per heavy atom. The predicted octanol–water partition coefficient (Wildman–Crippen LogP) is 16.9. The Bertz CT molecular complexity index is 3530. The topological polar surface area (TPSA) is 3.24 Å². The number of anilines is 3. The second-order valence-corrected chi connectivity index (χ2v) is 19.0. The summed E-state index contributed by atoms with van der Waals surface area (Å²) in [6.07, 6.45) is 0. The Morgan fingerprint density at radius 2 is 0.785 bits per heavy atom. The minimum Gasteiger partial charge on any atom is -0.310 e. The van der Waals surface area contributed by atoms with E-state index in [1.54, 1.807) is 0 Å². The second-order valence-electron chi connectivity index (χ2n) is 19.0. The molecule has 0 fully saturated rings. The maximum absolute atomic E-state index is 2.51. The van der Waals surface area contributed by atoms with Crippen molar-refractivity contribution in [2.75, 3.05) is 4.90 Å². The van der Waals surface area contributed by atoms with Gasteiger partial charge in [0.25, 0.3) is 0 Å². The van der Waals surface area contributed by atoms with Crippen LogP contribution >= 0.6 is 0 Å². The summed E-state index contributed by atoms with van der Waals surface area (Å²) in [5.74, 6) is 0. The minimum absolute atomic E-state index is 0.0563. The van der Waals surface area contributed by atoms with E-state index in [0.29, 0.717) is 0 Å². The van der Waals surface area contributed by atoms with Gasteiger partial charge in [-0.2, -0.15) is 0 Å². The average Bonchev–Trinajstić information content (AvgIpc) is 3.89. The van der Waals surface area contributed by atoms with Gasteiger partial charge in [0, 0.05) is 22.5 Å². The summed E-state index contributed by atoms with van der Waals surface area (Å²) < 4.78 is 0. The Kier molecular flexibility index (Phi) is 8.07. The highest BCUT2D eigenvalue weighted by Gasteiger charge is 2.52. The van der Waals surface area contributed by atoms with Crippen LogP contribution in [0, 0.1) is 13.8 Å². The van der Waals surface area contributed by atoms with Crippen LogP contribution in [0.5, 0.6) is 0 Å². The van der Waals surface area contributed by atoms with Gasteiger partial charge in [-0.05, 0) is 150 Å². The molecule has 0 unspecified atom stereocenters.